The maximum absolute atomic E-state index is 12.5. The molecule has 1 aliphatic heterocycles. The first-order chi connectivity index (χ1) is 13.6. The number of allylic oxidation sites excluding steroid dienone is 1. The van der Waals surface area contributed by atoms with Crippen LogP contribution in [0.3, 0.4) is 0 Å². The Kier molecular flexibility index (Phi) is 6.71. The van der Waals surface area contributed by atoms with Gasteiger partial charge < -0.3 is 19.5 Å². The van der Waals surface area contributed by atoms with Gasteiger partial charge in [0.2, 0.25) is 0 Å². The molecule has 2 aromatic carbocycles. The highest BCUT2D eigenvalue weighted by molar-refractivity contribution is 6.07. The van der Waals surface area contributed by atoms with Gasteiger partial charge in [0.25, 0.3) is 0 Å². The molecule has 0 saturated carbocycles. The standard InChI is InChI=1S/C23H27NO4/c1-3-28-23-16-17(5-11-22(23)27-2)4-10-21(26)18-6-8-19(9-7-18)24-14-12-20(25)13-15-24/h4-11,16,20,25H,3,12-15H2,1-2H3. The summed E-state index contributed by atoms with van der Waals surface area (Å²) in [6, 6.07) is 13.2. The summed E-state index contributed by atoms with van der Waals surface area (Å²) in [6.45, 7) is 4.15. The van der Waals surface area contributed by atoms with Crippen molar-refractivity contribution in [1.29, 1.82) is 0 Å². The minimum atomic E-state index is -0.191. The normalized spacial score (nSPS) is 15.0. The van der Waals surface area contributed by atoms with Crippen molar-refractivity contribution in [2.75, 3.05) is 31.7 Å². The van der Waals surface area contributed by atoms with Gasteiger partial charge in [-0.15, -0.1) is 0 Å². The van der Waals surface area contributed by atoms with Gasteiger partial charge in [-0.25, -0.2) is 0 Å². The zero-order valence-corrected chi connectivity index (χ0v) is 16.4. The van der Waals surface area contributed by atoms with Crippen LogP contribution in [0.2, 0.25) is 0 Å². The van der Waals surface area contributed by atoms with Crippen molar-refractivity contribution in [2.24, 2.45) is 0 Å². The minimum absolute atomic E-state index is 0.0469. The predicted octanol–water partition coefficient (Wildman–Crippen LogP) is 3.95. The molecule has 1 N–H and O–H groups in total. The second-order valence-corrected chi connectivity index (χ2v) is 6.81. The molecule has 1 heterocycles. The molecular formula is C23H27NO4. The van der Waals surface area contributed by atoms with Gasteiger partial charge in [0.1, 0.15) is 0 Å². The van der Waals surface area contributed by atoms with E-state index in [0.29, 0.717) is 23.7 Å². The van der Waals surface area contributed by atoms with E-state index in [9.17, 15) is 9.90 Å². The third-order valence-electron chi connectivity index (χ3n) is 4.90. The number of carbonyl (C=O) groups excluding carboxylic acids is 1. The lowest BCUT2D eigenvalue weighted by Gasteiger charge is -2.31. The third kappa shape index (κ3) is 4.93. The number of aliphatic hydroxyl groups is 1. The topological polar surface area (TPSA) is 59.0 Å². The largest absolute Gasteiger partial charge is 0.493 e. The van der Waals surface area contributed by atoms with Crippen molar-refractivity contribution in [2.45, 2.75) is 25.9 Å². The molecule has 1 fully saturated rings. The van der Waals surface area contributed by atoms with E-state index in [-0.39, 0.29) is 11.9 Å². The average molecular weight is 381 g/mol. The summed E-state index contributed by atoms with van der Waals surface area (Å²) in [4.78, 5) is 14.7. The second kappa shape index (κ2) is 9.42. The maximum atomic E-state index is 12.5. The fourth-order valence-electron chi connectivity index (χ4n) is 3.29. The monoisotopic (exact) mass is 381 g/mol. The lowest BCUT2D eigenvalue weighted by atomic mass is 10.1. The molecule has 148 valence electrons. The number of methoxy groups -OCH3 is 1. The summed E-state index contributed by atoms with van der Waals surface area (Å²) in [7, 11) is 1.60. The van der Waals surface area contributed by atoms with Crippen LogP contribution in [0.1, 0.15) is 35.7 Å². The van der Waals surface area contributed by atoms with E-state index in [1.807, 2.05) is 49.4 Å². The molecule has 0 aliphatic carbocycles. The quantitative estimate of drug-likeness (QED) is 0.581. The summed E-state index contributed by atoms with van der Waals surface area (Å²) < 4.78 is 10.9. The SMILES string of the molecule is CCOc1cc(C=CC(=O)c2ccc(N3CCC(O)CC3)cc2)ccc1OC. The van der Waals surface area contributed by atoms with Gasteiger partial charge in [-0.05, 0) is 67.8 Å². The van der Waals surface area contributed by atoms with Gasteiger partial charge in [0.15, 0.2) is 17.3 Å². The molecule has 2 aromatic rings. The highest BCUT2D eigenvalue weighted by Crippen LogP contribution is 2.28. The van der Waals surface area contributed by atoms with E-state index < -0.39 is 0 Å². The third-order valence-corrected chi connectivity index (χ3v) is 4.90. The van der Waals surface area contributed by atoms with Gasteiger partial charge in [0, 0.05) is 24.3 Å². The number of hydrogen-bond acceptors (Lipinski definition) is 5. The van der Waals surface area contributed by atoms with Gasteiger partial charge in [-0.3, -0.25) is 4.79 Å². The number of aliphatic hydroxyl groups excluding tert-OH is 1. The molecule has 3 rings (SSSR count). The molecule has 0 spiro atoms. The smallest absolute Gasteiger partial charge is 0.185 e. The summed E-state index contributed by atoms with van der Waals surface area (Å²) in [5, 5.41) is 9.63. The minimum Gasteiger partial charge on any atom is -0.493 e. The first kappa shape index (κ1) is 20.0. The van der Waals surface area contributed by atoms with Crippen molar-refractivity contribution >= 4 is 17.5 Å². The molecule has 0 unspecified atom stereocenters. The Morgan fingerprint density at radius 3 is 2.50 bits per heavy atom. The van der Waals surface area contributed by atoms with Crippen LogP contribution in [-0.4, -0.2) is 43.8 Å². The number of rotatable bonds is 7. The number of ketones is 1. The number of nitrogens with zero attached hydrogens (tertiary/aromatic N) is 1. The van der Waals surface area contributed by atoms with Gasteiger partial charge in [0.05, 0.1) is 19.8 Å². The Hall–Kier alpha value is -2.79. The number of benzene rings is 2. The molecule has 28 heavy (non-hydrogen) atoms. The Bertz CT molecular complexity index is 821. The summed E-state index contributed by atoms with van der Waals surface area (Å²) >= 11 is 0. The van der Waals surface area contributed by atoms with Crippen LogP contribution in [0.4, 0.5) is 5.69 Å². The molecular weight excluding hydrogens is 354 g/mol. The van der Waals surface area contributed by atoms with Crippen LogP contribution >= 0.6 is 0 Å². The van der Waals surface area contributed by atoms with E-state index >= 15 is 0 Å². The van der Waals surface area contributed by atoms with Gasteiger partial charge in [-0.1, -0.05) is 12.1 Å². The lowest BCUT2D eigenvalue weighted by molar-refractivity contribution is 0.104. The maximum Gasteiger partial charge on any atom is 0.185 e. The molecule has 0 radical (unpaired) electrons. The number of piperidine rings is 1. The number of anilines is 1. The van der Waals surface area contributed by atoms with E-state index in [4.69, 9.17) is 9.47 Å². The molecule has 5 heteroatoms. The van der Waals surface area contributed by atoms with Gasteiger partial charge in [-0.2, -0.15) is 0 Å². The number of ether oxygens (including phenoxy) is 2. The van der Waals surface area contributed by atoms with E-state index in [2.05, 4.69) is 4.90 Å². The molecule has 5 nitrogen and oxygen atoms in total. The molecule has 0 bridgehead atoms. The van der Waals surface area contributed by atoms with Crippen molar-refractivity contribution in [3.63, 3.8) is 0 Å². The zero-order chi connectivity index (χ0) is 19.9. The van der Waals surface area contributed by atoms with Crippen LogP contribution in [0, 0.1) is 0 Å². The first-order valence-electron chi connectivity index (χ1n) is 9.67. The van der Waals surface area contributed by atoms with Crippen molar-refractivity contribution in [1.82, 2.24) is 0 Å². The molecule has 0 amide bonds. The Morgan fingerprint density at radius 1 is 1.14 bits per heavy atom. The Morgan fingerprint density at radius 2 is 1.86 bits per heavy atom. The van der Waals surface area contributed by atoms with E-state index in [1.54, 1.807) is 19.3 Å². The van der Waals surface area contributed by atoms with Crippen LogP contribution in [0.15, 0.2) is 48.5 Å². The molecule has 1 saturated heterocycles. The highest BCUT2D eigenvalue weighted by Gasteiger charge is 2.17. The highest BCUT2D eigenvalue weighted by atomic mass is 16.5. The van der Waals surface area contributed by atoms with Crippen LogP contribution in [0.25, 0.3) is 6.08 Å². The van der Waals surface area contributed by atoms with Gasteiger partial charge >= 0.3 is 0 Å². The van der Waals surface area contributed by atoms with Crippen LogP contribution in [-0.2, 0) is 0 Å². The van der Waals surface area contributed by atoms with Crippen LogP contribution in [0.5, 0.6) is 11.5 Å². The zero-order valence-electron chi connectivity index (χ0n) is 16.4. The van der Waals surface area contributed by atoms with Crippen molar-refractivity contribution < 1.29 is 19.4 Å². The van der Waals surface area contributed by atoms with Crippen molar-refractivity contribution in [3.05, 3.63) is 59.7 Å². The van der Waals surface area contributed by atoms with Crippen LogP contribution < -0.4 is 14.4 Å². The van der Waals surface area contributed by atoms with Crippen molar-refractivity contribution in [3.8, 4) is 11.5 Å². The van der Waals surface area contributed by atoms with E-state index in [1.165, 1.54) is 0 Å². The summed E-state index contributed by atoms with van der Waals surface area (Å²) in [5.74, 6) is 1.29. The predicted molar refractivity (Wildman–Crippen MR) is 111 cm³/mol. The Balaban J connectivity index is 1.66. The number of carbonyl (C=O) groups is 1. The molecule has 0 aromatic heterocycles. The van der Waals surface area contributed by atoms with E-state index in [0.717, 1.165) is 37.2 Å². The molecule has 0 atom stereocenters. The summed E-state index contributed by atoms with van der Waals surface area (Å²) in [5.41, 5.74) is 2.61. The fraction of sp³-hybridized carbons (Fsp3) is 0.348. The second-order valence-electron chi connectivity index (χ2n) is 6.81. The Labute approximate surface area is 166 Å². The number of hydrogen-bond donors (Lipinski definition) is 1. The average Bonchev–Trinajstić information content (AvgIpc) is 2.73. The molecule has 1 aliphatic rings. The lowest BCUT2D eigenvalue weighted by Crippen LogP contribution is -2.35. The first-order valence-corrected chi connectivity index (χ1v) is 9.67. The fourth-order valence-corrected chi connectivity index (χ4v) is 3.29. The summed E-state index contributed by atoms with van der Waals surface area (Å²) in [6.07, 6.45) is 4.74.